The van der Waals surface area contributed by atoms with E-state index in [0.717, 1.165) is 35.5 Å². The molecule has 0 aliphatic carbocycles. The van der Waals surface area contributed by atoms with Gasteiger partial charge in [-0.25, -0.2) is 4.98 Å². The topological polar surface area (TPSA) is 69.1 Å². The minimum Gasteiger partial charge on any atom is -0.334 e. The fraction of sp³-hybridized carbons (Fsp3) is 0.290. The van der Waals surface area contributed by atoms with Gasteiger partial charge in [-0.05, 0) is 63.1 Å². The maximum Gasteiger partial charge on any atom is 0.254 e. The molecule has 5 aromatic rings. The number of hydrogen-bond donors (Lipinski definition) is 1. The molecule has 2 N–H and O–H groups in total. The summed E-state index contributed by atoms with van der Waals surface area (Å²) in [6, 6.07) is 27.6. The van der Waals surface area contributed by atoms with Crippen LogP contribution in [0.5, 0.6) is 0 Å². The Morgan fingerprint density at radius 2 is 1.74 bits per heavy atom. The van der Waals surface area contributed by atoms with Crippen molar-refractivity contribution in [1.82, 2.24) is 19.0 Å². The molecular weight excluding hydrogens is 494 g/mol. The van der Waals surface area contributed by atoms with Crippen LogP contribution in [0.15, 0.2) is 78.9 Å². The maximum atomic E-state index is 13.3. The molecular formula is C31H34ClN5O. The van der Waals surface area contributed by atoms with E-state index in [1.807, 2.05) is 29.2 Å². The molecule has 2 atom stereocenters. The third-order valence-electron chi connectivity index (χ3n) is 7.54. The van der Waals surface area contributed by atoms with Crippen LogP contribution in [0, 0.1) is 0 Å². The molecule has 1 amide bonds. The molecule has 1 aliphatic rings. The van der Waals surface area contributed by atoms with Crippen LogP contribution >= 0.6 is 12.4 Å². The minimum absolute atomic E-state index is 0. The smallest absolute Gasteiger partial charge is 0.254 e. The Bertz CT molecular complexity index is 1600. The zero-order valence-corrected chi connectivity index (χ0v) is 22.9. The number of imidazole rings is 1. The zero-order chi connectivity index (χ0) is 25.7. The predicted octanol–water partition coefficient (Wildman–Crippen LogP) is 6.27. The molecule has 0 unspecified atom stereocenters. The summed E-state index contributed by atoms with van der Waals surface area (Å²) in [6.45, 7) is 7.79. The third kappa shape index (κ3) is 4.48. The van der Waals surface area contributed by atoms with Crippen molar-refractivity contribution in [2.75, 3.05) is 6.54 Å². The number of nitrogens with zero attached hydrogens (tertiary/aromatic N) is 4. The molecule has 3 heterocycles. The molecule has 6 nitrogen and oxygen atoms in total. The zero-order valence-electron chi connectivity index (χ0n) is 22.0. The standard InChI is InChI=1S/C31H33N5O.ClH/c1-20(2)36-28-14-13-24(31(37)34-19-25(32)15-21(34)3)16-26(28)33-30(36)29-17-23-11-7-8-12-27(23)35(29)18-22-9-5-4-6-10-22;/h4-14,16-17,20-21,25H,15,18-19,32H2,1-3H3;1H/t21-,25+;/m0./s1. The maximum absolute atomic E-state index is 13.3. The Morgan fingerprint density at radius 1 is 1.00 bits per heavy atom. The van der Waals surface area contributed by atoms with Crippen LogP contribution < -0.4 is 5.73 Å². The molecule has 38 heavy (non-hydrogen) atoms. The monoisotopic (exact) mass is 527 g/mol. The van der Waals surface area contributed by atoms with E-state index in [1.54, 1.807) is 0 Å². The molecule has 6 rings (SSSR count). The van der Waals surface area contributed by atoms with E-state index < -0.39 is 0 Å². The van der Waals surface area contributed by atoms with Crippen LogP contribution in [0.4, 0.5) is 0 Å². The van der Waals surface area contributed by atoms with E-state index >= 15 is 0 Å². The summed E-state index contributed by atoms with van der Waals surface area (Å²) in [5, 5.41) is 1.19. The summed E-state index contributed by atoms with van der Waals surface area (Å²) in [7, 11) is 0. The van der Waals surface area contributed by atoms with Crippen molar-refractivity contribution in [3.63, 3.8) is 0 Å². The first-order valence-corrected chi connectivity index (χ1v) is 13.1. The summed E-state index contributed by atoms with van der Waals surface area (Å²) in [5.41, 5.74) is 12.2. The van der Waals surface area contributed by atoms with Gasteiger partial charge in [-0.3, -0.25) is 4.79 Å². The van der Waals surface area contributed by atoms with Gasteiger partial charge in [-0.1, -0.05) is 48.5 Å². The Hall–Kier alpha value is -3.61. The van der Waals surface area contributed by atoms with Gasteiger partial charge in [-0.15, -0.1) is 12.4 Å². The van der Waals surface area contributed by atoms with Crippen molar-refractivity contribution in [1.29, 1.82) is 0 Å². The lowest BCUT2D eigenvalue weighted by Gasteiger charge is -2.21. The van der Waals surface area contributed by atoms with E-state index in [4.69, 9.17) is 10.7 Å². The molecule has 1 saturated heterocycles. The van der Waals surface area contributed by atoms with E-state index in [-0.39, 0.29) is 36.4 Å². The van der Waals surface area contributed by atoms with E-state index in [1.165, 1.54) is 16.5 Å². The summed E-state index contributed by atoms with van der Waals surface area (Å²) in [4.78, 5) is 20.4. The lowest BCUT2D eigenvalue weighted by atomic mass is 10.1. The van der Waals surface area contributed by atoms with Gasteiger partial charge in [0.05, 0.1) is 16.7 Å². The van der Waals surface area contributed by atoms with Gasteiger partial charge >= 0.3 is 0 Å². The number of halogens is 1. The van der Waals surface area contributed by atoms with Crippen molar-refractivity contribution in [3.8, 4) is 11.5 Å². The number of aromatic nitrogens is 3. The number of fused-ring (bicyclic) bond motifs is 2. The molecule has 3 aromatic carbocycles. The number of hydrogen-bond acceptors (Lipinski definition) is 3. The molecule has 0 bridgehead atoms. The van der Waals surface area contributed by atoms with Crippen molar-refractivity contribution in [2.45, 2.75) is 51.9 Å². The largest absolute Gasteiger partial charge is 0.334 e. The molecule has 1 aliphatic heterocycles. The SMILES string of the molecule is CC(C)n1c(-c2cc3ccccc3n2Cc2ccccc2)nc2cc(C(=O)N3C[C@H](N)C[C@@H]3C)ccc21.Cl. The van der Waals surface area contributed by atoms with Gasteiger partial charge in [0.25, 0.3) is 5.91 Å². The Kier molecular flexibility index (Phi) is 7.03. The van der Waals surface area contributed by atoms with Gasteiger partial charge in [0.2, 0.25) is 0 Å². The van der Waals surface area contributed by atoms with Crippen molar-refractivity contribution in [3.05, 3.63) is 90.0 Å². The summed E-state index contributed by atoms with van der Waals surface area (Å²) < 4.78 is 4.64. The van der Waals surface area contributed by atoms with Gasteiger partial charge in [0.15, 0.2) is 5.82 Å². The van der Waals surface area contributed by atoms with E-state index in [2.05, 4.69) is 84.5 Å². The van der Waals surface area contributed by atoms with Gasteiger partial charge in [0.1, 0.15) is 0 Å². The first-order chi connectivity index (χ1) is 17.9. The van der Waals surface area contributed by atoms with Gasteiger partial charge < -0.3 is 19.8 Å². The Balaban J connectivity index is 0.00000294. The second kappa shape index (κ2) is 10.3. The normalized spacial score (nSPS) is 17.4. The van der Waals surface area contributed by atoms with E-state index in [9.17, 15) is 4.79 Å². The number of amides is 1. The summed E-state index contributed by atoms with van der Waals surface area (Å²) in [5.74, 6) is 0.944. The summed E-state index contributed by atoms with van der Waals surface area (Å²) in [6.07, 6.45) is 0.839. The highest BCUT2D eigenvalue weighted by Gasteiger charge is 2.31. The molecule has 2 aromatic heterocycles. The van der Waals surface area contributed by atoms with Crippen molar-refractivity contribution in [2.24, 2.45) is 5.73 Å². The number of nitrogens with two attached hydrogens (primary N) is 1. The van der Waals surface area contributed by atoms with Gasteiger partial charge in [0, 0.05) is 47.7 Å². The van der Waals surface area contributed by atoms with Crippen molar-refractivity contribution >= 4 is 40.3 Å². The number of carbonyl (C=O) groups is 1. The van der Waals surface area contributed by atoms with Crippen LogP contribution in [0.1, 0.15) is 49.2 Å². The number of rotatable bonds is 5. The van der Waals surface area contributed by atoms with Crippen molar-refractivity contribution < 1.29 is 4.79 Å². The third-order valence-corrected chi connectivity index (χ3v) is 7.54. The highest BCUT2D eigenvalue weighted by atomic mass is 35.5. The second-order valence-corrected chi connectivity index (χ2v) is 10.6. The number of carbonyl (C=O) groups excluding carboxylic acids is 1. The predicted molar refractivity (Wildman–Crippen MR) is 157 cm³/mol. The molecule has 0 radical (unpaired) electrons. The van der Waals surface area contributed by atoms with Crippen LogP contribution in [-0.2, 0) is 6.54 Å². The lowest BCUT2D eigenvalue weighted by molar-refractivity contribution is 0.0746. The average molecular weight is 528 g/mol. The number of para-hydroxylation sites is 1. The fourth-order valence-electron chi connectivity index (χ4n) is 5.79. The Labute approximate surface area is 229 Å². The highest BCUT2D eigenvalue weighted by molar-refractivity contribution is 5.98. The van der Waals surface area contributed by atoms with E-state index in [0.29, 0.717) is 12.1 Å². The molecule has 196 valence electrons. The molecule has 0 saturated carbocycles. The minimum atomic E-state index is 0. The number of benzene rings is 3. The fourth-order valence-corrected chi connectivity index (χ4v) is 5.79. The molecule has 1 fully saturated rings. The first kappa shape index (κ1) is 26.0. The Morgan fingerprint density at radius 3 is 2.45 bits per heavy atom. The molecule has 7 heteroatoms. The lowest BCUT2D eigenvalue weighted by Crippen LogP contribution is -2.35. The van der Waals surface area contributed by atoms with Crippen LogP contribution in [0.3, 0.4) is 0 Å². The van der Waals surface area contributed by atoms with Crippen LogP contribution in [0.2, 0.25) is 0 Å². The van der Waals surface area contributed by atoms with Crippen LogP contribution in [0.25, 0.3) is 33.5 Å². The van der Waals surface area contributed by atoms with Gasteiger partial charge in [-0.2, -0.15) is 0 Å². The average Bonchev–Trinajstić information content (AvgIpc) is 3.56. The molecule has 0 spiro atoms. The van der Waals surface area contributed by atoms with Crippen LogP contribution in [-0.4, -0.2) is 43.6 Å². The highest BCUT2D eigenvalue weighted by Crippen LogP contribution is 2.34. The quantitative estimate of drug-likeness (QED) is 0.293. The first-order valence-electron chi connectivity index (χ1n) is 13.1. The second-order valence-electron chi connectivity index (χ2n) is 10.6. The number of likely N-dealkylation sites (tertiary alicyclic amines) is 1. The summed E-state index contributed by atoms with van der Waals surface area (Å²) >= 11 is 0.